The van der Waals surface area contributed by atoms with Crippen LogP contribution in [-0.2, 0) is 0 Å². The highest BCUT2D eigenvalue weighted by atomic mass is 16.3. The molecule has 7 unspecified atom stereocenters. The van der Waals surface area contributed by atoms with E-state index in [4.69, 9.17) is 4.42 Å². The summed E-state index contributed by atoms with van der Waals surface area (Å²) >= 11 is 0. The van der Waals surface area contributed by atoms with Crippen molar-refractivity contribution in [3.05, 3.63) is 76.3 Å². The van der Waals surface area contributed by atoms with E-state index < -0.39 is 0 Å². The number of benzene rings is 4. The van der Waals surface area contributed by atoms with Gasteiger partial charge >= 0.3 is 0 Å². The Kier molecular flexibility index (Phi) is 3.85. The lowest BCUT2D eigenvalue weighted by Crippen LogP contribution is -2.41. The Hall–Kier alpha value is -4.03. The quantitative estimate of drug-likeness (QED) is 0.172. The van der Waals surface area contributed by atoms with Crippen LogP contribution >= 0.6 is 0 Å². The third kappa shape index (κ3) is 2.49. The largest absolute Gasteiger partial charge is 0.455 e. The molecule has 8 aliphatic rings. The van der Waals surface area contributed by atoms with E-state index in [0.717, 1.165) is 46.3 Å². The van der Waals surface area contributed by atoms with Gasteiger partial charge in [0, 0.05) is 26.9 Å². The number of para-hydroxylation sites is 1. The van der Waals surface area contributed by atoms with Gasteiger partial charge in [0.25, 0.3) is 0 Å². The lowest BCUT2D eigenvalue weighted by Gasteiger charge is -2.48. The molecule has 7 atom stereocenters. The van der Waals surface area contributed by atoms with Crippen molar-refractivity contribution in [1.82, 2.24) is 4.40 Å². The van der Waals surface area contributed by atoms with Crippen molar-refractivity contribution in [2.24, 2.45) is 29.1 Å². The number of nitriles is 1. The average molecular weight is 609 g/mol. The van der Waals surface area contributed by atoms with Crippen LogP contribution in [0.1, 0.15) is 116 Å². The molecule has 7 aromatic rings. The van der Waals surface area contributed by atoms with Gasteiger partial charge in [0.15, 0.2) is 0 Å². The van der Waals surface area contributed by atoms with Crippen LogP contribution < -0.4 is 0 Å². The Morgan fingerprint density at radius 3 is 2.28 bits per heavy atom. The molecule has 8 aliphatic carbocycles. The van der Waals surface area contributed by atoms with E-state index in [1.807, 2.05) is 0 Å². The molecule has 47 heavy (non-hydrogen) atoms. The molecule has 0 saturated heterocycles. The second kappa shape index (κ2) is 7.49. The van der Waals surface area contributed by atoms with Crippen molar-refractivity contribution in [3.63, 3.8) is 0 Å². The molecule has 15 rings (SSSR count). The van der Waals surface area contributed by atoms with Gasteiger partial charge in [0.05, 0.1) is 33.6 Å². The monoisotopic (exact) mass is 608 g/mol. The van der Waals surface area contributed by atoms with E-state index in [0.29, 0.717) is 23.2 Å². The fourth-order valence-corrected chi connectivity index (χ4v) is 14.8. The van der Waals surface area contributed by atoms with Gasteiger partial charge in [-0.25, -0.2) is 0 Å². The number of fused-ring (bicyclic) bond motifs is 16. The molecule has 0 radical (unpaired) electrons. The van der Waals surface area contributed by atoms with Gasteiger partial charge in [0.2, 0.25) is 0 Å². The maximum absolute atomic E-state index is 10.9. The smallest absolute Gasteiger partial charge is 0.145 e. The number of hydrogen-bond donors (Lipinski definition) is 0. The van der Waals surface area contributed by atoms with Crippen LogP contribution in [0.3, 0.4) is 0 Å². The Morgan fingerprint density at radius 1 is 0.660 bits per heavy atom. The Bertz CT molecular complexity index is 2670. The summed E-state index contributed by atoms with van der Waals surface area (Å²) < 4.78 is 9.58. The van der Waals surface area contributed by atoms with Gasteiger partial charge in [-0.05, 0) is 163 Å². The summed E-state index contributed by atoms with van der Waals surface area (Å²) in [7, 11) is 0. The van der Waals surface area contributed by atoms with Gasteiger partial charge in [-0.15, -0.1) is 0 Å². The van der Waals surface area contributed by atoms with Gasteiger partial charge in [-0.1, -0.05) is 24.3 Å². The molecule has 5 saturated carbocycles. The zero-order valence-corrected chi connectivity index (χ0v) is 26.6. The maximum Gasteiger partial charge on any atom is 0.145 e. The lowest BCUT2D eigenvalue weighted by molar-refractivity contribution is 0.00322. The topological polar surface area (TPSA) is 41.3 Å². The maximum atomic E-state index is 10.9. The second-order valence-corrected chi connectivity index (χ2v) is 17.6. The molecule has 3 heteroatoms. The first-order chi connectivity index (χ1) is 23.2. The molecule has 3 heterocycles. The van der Waals surface area contributed by atoms with Crippen LogP contribution in [-0.4, -0.2) is 4.40 Å². The molecular weight excluding hydrogens is 572 g/mol. The summed E-state index contributed by atoms with van der Waals surface area (Å²) in [5, 5.41) is 19.1. The highest BCUT2D eigenvalue weighted by molar-refractivity contribution is 6.34. The second-order valence-electron chi connectivity index (χ2n) is 17.6. The lowest BCUT2D eigenvalue weighted by atomic mass is 9.56. The van der Waals surface area contributed by atoms with Gasteiger partial charge in [-0.2, -0.15) is 5.26 Å². The Balaban J connectivity index is 1.22. The van der Waals surface area contributed by atoms with E-state index >= 15 is 0 Å². The molecule has 0 aliphatic heterocycles. The van der Waals surface area contributed by atoms with Crippen LogP contribution in [0.25, 0.3) is 60.0 Å². The number of aromatic nitrogens is 1. The summed E-state index contributed by atoms with van der Waals surface area (Å²) in [6.07, 6.45) is 13.6. The predicted molar refractivity (Wildman–Crippen MR) is 187 cm³/mol. The van der Waals surface area contributed by atoms with Crippen molar-refractivity contribution in [2.75, 3.05) is 0 Å². The molecule has 7 bridgehead atoms. The predicted octanol–water partition coefficient (Wildman–Crippen LogP) is 11.4. The zero-order chi connectivity index (χ0) is 30.1. The summed E-state index contributed by atoms with van der Waals surface area (Å²) in [6.45, 7) is 0. The van der Waals surface area contributed by atoms with Crippen LogP contribution in [0.2, 0.25) is 0 Å². The first-order valence-corrected chi connectivity index (χ1v) is 18.7. The minimum absolute atomic E-state index is 0.536. The van der Waals surface area contributed by atoms with Crippen molar-refractivity contribution >= 4 is 60.0 Å². The number of furan rings is 1. The van der Waals surface area contributed by atoms with E-state index in [1.54, 1.807) is 16.7 Å². The van der Waals surface area contributed by atoms with Crippen molar-refractivity contribution < 1.29 is 4.42 Å². The molecule has 4 aromatic carbocycles. The van der Waals surface area contributed by atoms with Crippen LogP contribution in [0, 0.1) is 40.4 Å². The fraction of sp³-hybridized carbons (Fsp3) is 0.432. The molecule has 228 valence electrons. The highest BCUT2D eigenvalue weighted by Crippen LogP contribution is 2.77. The number of rotatable bonds is 0. The van der Waals surface area contributed by atoms with E-state index in [2.05, 4.69) is 59.0 Å². The van der Waals surface area contributed by atoms with Crippen molar-refractivity contribution in [3.8, 4) is 6.07 Å². The highest BCUT2D eigenvalue weighted by Gasteiger charge is 2.66. The SMILES string of the molecule is N#Cc1cc2c(c3c1C1CC4CC5CC3CC45C1)c1c3oc4ccccc4c3cc3c4c5c(ccc4n2c31)C1CC2CC(C1)CC5C2. The minimum atomic E-state index is 0.536. The minimum Gasteiger partial charge on any atom is -0.455 e. The average Bonchev–Trinajstić information content (AvgIpc) is 3.81. The molecule has 0 N–H and O–H groups in total. The Labute approximate surface area is 272 Å². The molecular formula is C44H36N2O. The van der Waals surface area contributed by atoms with Crippen LogP contribution in [0.15, 0.2) is 52.9 Å². The van der Waals surface area contributed by atoms with Gasteiger partial charge < -0.3 is 8.82 Å². The van der Waals surface area contributed by atoms with Crippen LogP contribution in [0.4, 0.5) is 0 Å². The standard InChI is InChI=1S/C44H36N2O/c45-19-26-14-34-40(38-25-13-28-15-27-12-24(36(26)38)17-44(27,28)18-25)41-42-32(16-31-30-3-1-2-4-35(30)47-43(31)41)39-33(46(34)42)6-5-29-22-8-20-7-21(9-22)11-23(10-20)37(29)39/h1-6,14,16,20-25,27-28H,7-13,15,17-18H2. The first-order valence-electron chi connectivity index (χ1n) is 18.7. The molecule has 0 amide bonds. The third-order valence-corrected chi connectivity index (χ3v) is 16.0. The van der Waals surface area contributed by atoms with E-state index in [1.165, 1.54) is 119 Å². The van der Waals surface area contributed by atoms with Crippen molar-refractivity contribution in [2.45, 2.75) is 87.9 Å². The molecule has 3 aromatic heterocycles. The summed E-state index contributed by atoms with van der Waals surface area (Å²) in [5.41, 5.74) is 13.9. The molecule has 5 fully saturated rings. The number of nitrogens with zero attached hydrogens (tertiary/aromatic N) is 2. The summed E-state index contributed by atoms with van der Waals surface area (Å²) in [6, 6.07) is 21.4. The molecule has 3 nitrogen and oxygen atoms in total. The Morgan fingerprint density at radius 2 is 1.45 bits per heavy atom. The van der Waals surface area contributed by atoms with Crippen molar-refractivity contribution in [1.29, 1.82) is 5.26 Å². The zero-order valence-electron chi connectivity index (χ0n) is 26.6. The third-order valence-electron chi connectivity index (χ3n) is 16.0. The number of hydrogen-bond acceptors (Lipinski definition) is 2. The van der Waals surface area contributed by atoms with Crippen LogP contribution in [0.5, 0.6) is 0 Å². The summed E-state index contributed by atoms with van der Waals surface area (Å²) in [5.74, 6) is 6.05. The normalized spacial score (nSPS) is 35.7. The van der Waals surface area contributed by atoms with E-state index in [9.17, 15) is 5.26 Å². The fourth-order valence-electron chi connectivity index (χ4n) is 14.8. The van der Waals surface area contributed by atoms with Gasteiger partial charge in [0.1, 0.15) is 11.2 Å². The molecule has 1 spiro atoms. The summed E-state index contributed by atoms with van der Waals surface area (Å²) in [4.78, 5) is 0. The van der Waals surface area contributed by atoms with Gasteiger partial charge in [-0.3, -0.25) is 0 Å². The first kappa shape index (κ1) is 24.2. The van der Waals surface area contributed by atoms with E-state index in [-0.39, 0.29) is 0 Å².